The lowest BCUT2D eigenvalue weighted by atomic mass is 10.0. The Morgan fingerprint density at radius 1 is 1.15 bits per heavy atom. The quantitative estimate of drug-likeness (QED) is 0.471. The third-order valence-corrected chi connectivity index (χ3v) is 3.82. The number of methoxy groups -OCH3 is 1. The summed E-state index contributed by atoms with van der Waals surface area (Å²) in [5, 5.41) is 4.36. The molecule has 6 nitrogen and oxygen atoms in total. The van der Waals surface area contributed by atoms with Crippen molar-refractivity contribution in [3.05, 3.63) is 42.2 Å². The van der Waals surface area contributed by atoms with Crippen molar-refractivity contribution in [1.82, 2.24) is 9.78 Å². The van der Waals surface area contributed by atoms with Crippen LogP contribution < -0.4 is 0 Å². The highest BCUT2D eigenvalue weighted by Crippen LogP contribution is 2.20. The summed E-state index contributed by atoms with van der Waals surface area (Å²) in [5.41, 5.74) is 2.95. The van der Waals surface area contributed by atoms with Crippen molar-refractivity contribution in [2.45, 2.75) is 45.8 Å². The molecule has 1 aromatic heterocycles. The molecule has 0 aliphatic heterocycles. The predicted molar refractivity (Wildman–Crippen MR) is 105 cm³/mol. The van der Waals surface area contributed by atoms with Gasteiger partial charge in [0.1, 0.15) is 5.60 Å². The van der Waals surface area contributed by atoms with Crippen LogP contribution in [-0.4, -0.2) is 48.3 Å². The van der Waals surface area contributed by atoms with E-state index in [-0.39, 0.29) is 12.4 Å². The van der Waals surface area contributed by atoms with Crippen LogP contribution in [0.2, 0.25) is 0 Å². The summed E-state index contributed by atoms with van der Waals surface area (Å²) in [4.78, 5) is 11.6. The molecule has 0 unspecified atom stereocenters. The van der Waals surface area contributed by atoms with Crippen LogP contribution in [0.15, 0.2) is 36.7 Å². The van der Waals surface area contributed by atoms with E-state index in [1.165, 1.54) is 5.56 Å². The highest BCUT2D eigenvalue weighted by molar-refractivity contribution is 5.69. The van der Waals surface area contributed by atoms with Gasteiger partial charge in [0.15, 0.2) is 0 Å². The van der Waals surface area contributed by atoms with Crippen LogP contribution in [0.1, 0.15) is 32.8 Å². The van der Waals surface area contributed by atoms with Crippen molar-refractivity contribution >= 4 is 5.97 Å². The SMILES string of the molecule is COCCn1cc(-c2cccc(CCOCCC(=O)OC(C)(C)C)c2)cn1. The van der Waals surface area contributed by atoms with E-state index in [0.717, 1.165) is 24.1 Å². The second kappa shape index (κ2) is 10.2. The number of carbonyl (C=O) groups excluding carboxylic acids is 1. The highest BCUT2D eigenvalue weighted by Gasteiger charge is 2.15. The van der Waals surface area contributed by atoms with Gasteiger partial charge in [-0.05, 0) is 38.3 Å². The summed E-state index contributed by atoms with van der Waals surface area (Å²) in [7, 11) is 1.68. The molecule has 0 N–H and O–H groups in total. The highest BCUT2D eigenvalue weighted by atomic mass is 16.6. The lowest BCUT2D eigenvalue weighted by Gasteiger charge is -2.19. The van der Waals surface area contributed by atoms with E-state index in [9.17, 15) is 4.79 Å². The zero-order valence-electron chi connectivity index (χ0n) is 16.7. The fraction of sp³-hybridized carbons (Fsp3) is 0.524. The van der Waals surface area contributed by atoms with Gasteiger partial charge in [0.2, 0.25) is 0 Å². The second-order valence-corrected chi connectivity index (χ2v) is 7.38. The van der Waals surface area contributed by atoms with Crippen LogP contribution in [0.25, 0.3) is 11.1 Å². The Morgan fingerprint density at radius 2 is 1.96 bits per heavy atom. The Labute approximate surface area is 161 Å². The molecule has 2 rings (SSSR count). The van der Waals surface area contributed by atoms with Crippen LogP contribution in [0, 0.1) is 0 Å². The van der Waals surface area contributed by atoms with Crippen LogP contribution in [-0.2, 0) is 32.0 Å². The molecule has 0 saturated heterocycles. The Kier molecular flexibility index (Phi) is 8.00. The van der Waals surface area contributed by atoms with Gasteiger partial charge in [-0.15, -0.1) is 0 Å². The average molecular weight is 374 g/mol. The third kappa shape index (κ3) is 7.93. The molecular formula is C21H30N2O4. The zero-order chi connectivity index (χ0) is 19.7. The molecule has 0 bridgehead atoms. The first-order valence-corrected chi connectivity index (χ1v) is 9.28. The van der Waals surface area contributed by atoms with Crippen LogP contribution >= 0.6 is 0 Å². The molecule has 27 heavy (non-hydrogen) atoms. The smallest absolute Gasteiger partial charge is 0.308 e. The molecule has 0 atom stereocenters. The summed E-state index contributed by atoms with van der Waals surface area (Å²) in [5.74, 6) is -0.227. The van der Waals surface area contributed by atoms with E-state index in [1.807, 2.05) is 43.9 Å². The number of rotatable bonds is 10. The summed E-state index contributed by atoms with van der Waals surface area (Å²) in [6, 6.07) is 8.34. The maximum Gasteiger partial charge on any atom is 0.308 e. The Hall–Kier alpha value is -2.18. The number of hydrogen-bond acceptors (Lipinski definition) is 5. The van der Waals surface area contributed by atoms with E-state index in [0.29, 0.717) is 19.8 Å². The summed E-state index contributed by atoms with van der Waals surface area (Å²) in [6.07, 6.45) is 4.96. The molecule has 1 heterocycles. The van der Waals surface area contributed by atoms with Crippen LogP contribution in [0.4, 0.5) is 0 Å². The zero-order valence-corrected chi connectivity index (χ0v) is 16.7. The van der Waals surface area contributed by atoms with Gasteiger partial charge < -0.3 is 14.2 Å². The molecule has 6 heteroatoms. The topological polar surface area (TPSA) is 62.6 Å². The second-order valence-electron chi connectivity index (χ2n) is 7.38. The Bertz CT molecular complexity index is 719. The Morgan fingerprint density at radius 3 is 2.70 bits per heavy atom. The van der Waals surface area contributed by atoms with Gasteiger partial charge in [-0.25, -0.2) is 0 Å². The summed E-state index contributed by atoms with van der Waals surface area (Å²) < 4.78 is 17.8. The predicted octanol–water partition coefficient (Wildman–Crippen LogP) is 3.49. The first-order valence-electron chi connectivity index (χ1n) is 9.28. The molecule has 0 amide bonds. The van der Waals surface area contributed by atoms with Crippen molar-refractivity contribution in [3.8, 4) is 11.1 Å². The fourth-order valence-corrected chi connectivity index (χ4v) is 2.57. The largest absolute Gasteiger partial charge is 0.460 e. The minimum absolute atomic E-state index is 0.227. The summed E-state index contributed by atoms with van der Waals surface area (Å²) >= 11 is 0. The van der Waals surface area contributed by atoms with Gasteiger partial charge in [-0.2, -0.15) is 5.10 Å². The van der Waals surface area contributed by atoms with E-state index in [1.54, 1.807) is 7.11 Å². The van der Waals surface area contributed by atoms with Crippen LogP contribution in [0.3, 0.4) is 0 Å². The number of benzene rings is 1. The van der Waals surface area contributed by atoms with E-state index >= 15 is 0 Å². The molecule has 0 aliphatic rings. The number of nitrogens with zero attached hydrogens (tertiary/aromatic N) is 2. The maximum atomic E-state index is 11.6. The lowest BCUT2D eigenvalue weighted by molar-refractivity contribution is -0.156. The van der Waals surface area contributed by atoms with E-state index in [2.05, 4.69) is 23.3 Å². The van der Waals surface area contributed by atoms with Gasteiger partial charge in [0.05, 0.1) is 39.0 Å². The third-order valence-electron chi connectivity index (χ3n) is 3.82. The van der Waals surface area contributed by atoms with Crippen molar-refractivity contribution in [3.63, 3.8) is 0 Å². The lowest BCUT2D eigenvalue weighted by Crippen LogP contribution is -2.24. The number of ether oxygens (including phenoxy) is 3. The summed E-state index contributed by atoms with van der Waals surface area (Å²) in [6.45, 7) is 7.91. The molecule has 1 aromatic carbocycles. The van der Waals surface area contributed by atoms with Crippen molar-refractivity contribution in [2.24, 2.45) is 0 Å². The van der Waals surface area contributed by atoms with E-state index < -0.39 is 5.60 Å². The van der Waals surface area contributed by atoms with Crippen molar-refractivity contribution in [2.75, 3.05) is 26.9 Å². The molecule has 0 fully saturated rings. The van der Waals surface area contributed by atoms with Crippen LogP contribution in [0.5, 0.6) is 0 Å². The molecular weight excluding hydrogens is 344 g/mol. The molecule has 0 radical (unpaired) electrons. The number of carbonyl (C=O) groups is 1. The minimum Gasteiger partial charge on any atom is -0.460 e. The first-order chi connectivity index (χ1) is 12.9. The Balaban J connectivity index is 1.77. The maximum absolute atomic E-state index is 11.6. The molecule has 2 aromatic rings. The monoisotopic (exact) mass is 374 g/mol. The minimum atomic E-state index is -0.450. The van der Waals surface area contributed by atoms with Gasteiger partial charge >= 0.3 is 5.97 Å². The number of aromatic nitrogens is 2. The van der Waals surface area contributed by atoms with Gasteiger partial charge in [0, 0.05) is 18.9 Å². The average Bonchev–Trinajstić information content (AvgIpc) is 3.07. The van der Waals surface area contributed by atoms with Gasteiger partial charge in [0.25, 0.3) is 0 Å². The molecule has 0 aliphatic carbocycles. The normalized spacial score (nSPS) is 11.6. The first kappa shape index (κ1) is 21.1. The standard InChI is InChI=1S/C21H30N2O4/c1-21(2,3)27-20(24)9-12-26-11-8-17-6-5-7-18(14-17)19-15-22-23(16-19)10-13-25-4/h5-7,14-16H,8-13H2,1-4H3. The van der Waals surface area contributed by atoms with Crippen molar-refractivity contribution in [1.29, 1.82) is 0 Å². The molecule has 148 valence electrons. The molecule has 0 saturated carbocycles. The van der Waals surface area contributed by atoms with E-state index in [4.69, 9.17) is 14.2 Å². The van der Waals surface area contributed by atoms with Gasteiger partial charge in [-0.1, -0.05) is 24.3 Å². The number of esters is 1. The fourth-order valence-electron chi connectivity index (χ4n) is 2.57. The number of hydrogen-bond donors (Lipinski definition) is 0. The van der Waals surface area contributed by atoms with Gasteiger partial charge in [-0.3, -0.25) is 9.48 Å². The molecule has 0 spiro atoms. The van der Waals surface area contributed by atoms with Crippen molar-refractivity contribution < 1.29 is 19.0 Å².